The van der Waals surface area contributed by atoms with Gasteiger partial charge in [-0.2, -0.15) is 10.1 Å². The van der Waals surface area contributed by atoms with Gasteiger partial charge in [-0.25, -0.2) is 9.89 Å². The first-order chi connectivity index (χ1) is 8.70. The lowest BCUT2D eigenvalue weighted by Gasteiger charge is -2.03. The molecule has 0 unspecified atom stereocenters. The van der Waals surface area contributed by atoms with Crippen LogP contribution < -0.4 is 5.32 Å². The SMILES string of the molecule is COC(=O)c1cccc(C(=O)Nc2ncn[nH]2)c1. The van der Waals surface area contributed by atoms with E-state index in [0.29, 0.717) is 11.1 Å². The maximum absolute atomic E-state index is 11.8. The van der Waals surface area contributed by atoms with Crippen molar-refractivity contribution in [3.63, 3.8) is 0 Å². The number of nitrogens with zero attached hydrogens (tertiary/aromatic N) is 2. The van der Waals surface area contributed by atoms with Crippen molar-refractivity contribution < 1.29 is 14.3 Å². The van der Waals surface area contributed by atoms with E-state index in [4.69, 9.17) is 0 Å². The molecule has 0 saturated heterocycles. The van der Waals surface area contributed by atoms with Crippen molar-refractivity contribution in [2.75, 3.05) is 12.4 Å². The van der Waals surface area contributed by atoms with Crippen molar-refractivity contribution >= 4 is 17.8 Å². The van der Waals surface area contributed by atoms with Crippen LogP contribution in [-0.2, 0) is 4.74 Å². The third kappa shape index (κ3) is 2.51. The van der Waals surface area contributed by atoms with E-state index in [0.717, 1.165) is 0 Å². The number of hydrogen-bond donors (Lipinski definition) is 2. The number of aromatic nitrogens is 3. The Balaban J connectivity index is 2.18. The molecule has 2 rings (SSSR count). The van der Waals surface area contributed by atoms with Gasteiger partial charge in [0, 0.05) is 5.56 Å². The molecule has 92 valence electrons. The van der Waals surface area contributed by atoms with Crippen molar-refractivity contribution in [1.29, 1.82) is 0 Å². The van der Waals surface area contributed by atoms with Crippen LogP contribution in [0.5, 0.6) is 0 Å². The molecule has 0 aliphatic heterocycles. The number of methoxy groups -OCH3 is 1. The minimum atomic E-state index is -0.496. The fourth-order valence-electron chi connectivity index (χ4n) is 1.35. The molecule has 1 amide bonds. The minimum Gasteiger partial charge on any atom is -0.465 e. The lowest BCUT2D eigenvalue weighted by molar-refractivity contribution is 0.0600. The van der Waals surface area contributed by atoms with Crippen LogP contribution in [0, 0.1) is 0 Å². The Kier molecular flexibility index (Phi) is 3.33. The van der Waals surface area contributed by atoms with E-state index >= 15 is 0 Å². The molecule has 0 radical (unpaired) electrons. The molecule has 1 heterocycles. The Morgan fingerprint density at radius 3 is 2.78 bits per heavy atom. The van der Waals surface area contributed by atoms with Crippen molar-refractivity contribution in [2.45, 2.75) is 0 Å². The molecule has 0 fully saturated rings. The summed E-state index contributed by atoms with van der Waals surface area (Å²) in [6.45, 7) is 0. The van der Waals surface area contributed by atoms with E-state index < -0.39 is 11.9 Å². The van der Waals surface area contributed by atoms with Crippen molar-refractivity contribution in [2.24, 2.45) is 0 Å². The first-order valence-corrected chi connectivity index (χ1v) is 5.06. The zero-order valence-corrected chi connectivity index (χ0v) is 9.51. The van der Waals surface area contributed by atoms with Gasteiger partial charge in [-0.05, 0) is 18.2 Å². The molecule has 1 aromatic heterocycles. The molecule has 1 aromatic carbocycles. The van der Waals surface area contributed by atoms with Crippen LogP contribution in [0.15, 0.2) is 30.6 Å². The number of aromatic amines is 1. The quantitative estimate of drug-likeness (QED) is 0.782. The molecule has 18 heavy (non-hydrogen) atoms. The van der Waals surface area contributed by atoms with E-state index in [9.17, 15) is 9.59 Å². The lowest BCUT2D eigenvalue weighted by Crippen LogP contribution is -2.14. The molecular weight excluding hydrogens is 236 g/mol. The van der Waals surface area contributed by atoms with E-state index in [1.54, 1.807) is 18.2 Å². The Bertz CT molecular complexity index is 565. The molecular formula is C11H10N4O3. The first-order valence-electron chi connectivity index (χ1n) is 5.06. The molecule has 2 aromatic rings. The van der Waals surface area contributed by atoms with Crippen LogP contribution in [0.1, 0.15) is 20.7 Å². The second-order valence-electron chi connectivity index (χ2n) is 3.36. The van der Waals surface area contributed by atoms with Gasteiger partial charge in [-0.3, -0.25) is 10.1 Å². The van der Waals surface area contributed by atoms with Gasteiger partial charge in [0.1, 0.15) is 6.33 Å². The van der Waals surface area contributed by atoms with Gasteiger partial charge in [0.05, 0.1) is 12.7 Å². The largest absolute Gasteiger partial charge is 0.465 e. The minimum absolute atomic E-state index is 0.239. The average Bonchev–Trinajstić information content (AvgIpc) is 2.90. The molecule has 0 aliphatic carbocycles. The summed E-state index contributed by atoms with van der Waals surface area (Å²) in [5, 5.41) is 8.61. The summed E-state index contributed by atoms with van der Waals surface area (Å²) >= 11 is 0. The van der Waals surface area contributed by atoms with Crippen molar-refractivity contribution in [3.8, 4) is 0 Å². The molecule has 0 aliphatic rings. The Morgan fingerprint density at radius 2 is 2.11 bits per heavy atom. The number of nitrogens with one attached hydrogen (secondary N) is 2. The Morgan fingerprint density at radius 1 is 1.33 bits per heavy atom. The zero-order valence-electron chi connectivity index (χ0n) is 9.51. The summed E-state index contributed by atoms with van der Waals surface area (Å²) in [5.41, 5.74) is 0.636. The normalized spacial score (nSPS) is 9.83. The number of carbonyl (C=O) groups is 2. The number of ether oxygens (including phenoxy) is 1. The predicted molar refractivity (Wildman–Crippen MR) is 62.1 cm³/mol. The van der Waals surface area contributed by atoms with Crippen LogP contribution in [0.25, 0.3) is 0 Å². The summed E-state index contributed by atoms with van der Waals surface area (Å²) in [4.78, 5) is 26.9. The third-order valence-corrected chi connectivity index (χ3v) is 2.19. The van der Waals surface area contributed by atoms with Crippen molar-refractivity contribution in [3.05, 3.63) is 41.7 Å². The van der Waals surface area contributed by atoms with Gasteiger partial charge >= 0.3 is 5.97 Å². The van der Waals surface area contributed by atoms with Gasteiger partial charge in [0.2, 0.25) is 5.95 Å². The first kappa shape index (κ1) is 11.8. The monoisotopic (exact) mass is 246 g/mol. The molecule has 0 atom stereocenters. The van der Waals surface area contributed by atoms with Crippen LogP contribution in [0.3, 0.4) is 0 Å². The summed E-state index contributed by atoms with van der Waals surface area (Å²) in [6.07, 6.45) is 1.28. The highest BCUT2D eigenvalue weighted by molar-refractivity contribution is 6.04. The number of carbonyl (C=O) groups excluding carboxylic acids is 2. The number of hydrogen-bond acceptors (Lipinski definition) is 5. The zero-order chi connectivity index (χ0) is 13.0. The number of esters is 1. The van der Waals surface area contributed by atoms with E-state index in [1.165, 1.54) is 19.5 Å². The van der Waals surface area contributed by atoms with E-state index in [1.807, 2.05) is 0 Å². The summed E-state index contributed by atoms with van der Waals surface area (Å²) in [7, 11) is 1.28. The smallest absolute Gasteiger partial charge is 0.337 e. The molecule has 0 bridgehead atoms. The van der Waals surface area contributed by atoms with Gasteiger partial charge < -0.3 is 4.74 Å². The topological polar surface area (TPSA) is 97.0 Å². The number of anilines is 1. The maximum Gasteiger partial charge on any atom is 0.337 e. The molecule has 2 N–H and O–H groups in total. The fraction of sp³-hybridized carbons (Fsp3) is 0.0909. The van der Waals surface area contributed by atoms with Crippen LogP contribution >= 0.6 is 0 Å². The summed E-state index contributed by atoms with van der Waals surface area (Å²) in [6, 6.07) is 6.19. The highest BCUT2D eigenvalue weighted by Crippen LogP contribution is 2.08. The fourth-order valence-corrected chi connectivity index (χ4v) is 1.35. The highest BCUT2D eigenvalue weighted by Gasteiger charge is 2.11. The average molecular weight is 246 g/mol. The second kappa shape index (κ2) is 5.09. The molecule has 0 saturated carbocycles. The second-order valence-corrected chi connectivity index (χ2v) is 3.36. The van der Waals surface area contributed by atoms with Crippen LogP contribution in [0.2, 0.25) is 0 Å². The Hall–Kier alpha value is -2.70. The Labute approximate surface area is 102 Å². The van der Waals surface area contributed by atoms with Crippen molar-refractivity contribution in [1.82, 2.24) is 15.2 Å². The highest BCUT2D eigenvalue weighted by atomic mass is 16.5. The summed E-state index contributed by atoms with van der Waals surface area (Å²) < 4.78 is 4.58. The van der Waals surface area contributed by atoms with E-state index in [-0.39, 0.29) is 5.95 Å². The molecule has 7 heteroatoms. The third-order valence-electron chi connectivity index (χ3n) is 2.19. The predicted octanol–water partition coefficient (Wildman–Crippen LogP) is 0.844. The van der Waals surface area contributed by atoms with Gasteiger partial charge in [0.15, 0.2) is 0 Å². The van der Waals surface area contributed by atoms with Gasteiger partial charge in [-0.15, -0.1) is 0 Å². The van der Waals surface area contributed by atoms with Gasteiger partial charge in [0.25, 0.3) is 5.91 Å². The van der Waals surface area contributed by atoms with E-state index in [2.05, 4.69) is 25.2 Å². The standard InChI is InChI=1S/C11H10N4O3/c1-18-10(17)8-4-2-3-7(5-8)9(16)14-11-12-6-13-15-11/h2-6H,1H3,(H2,12,13,14,15,16). The van der Waals surface area contributed by atoms with Crippen LogP contribution in [0.4, 0.5) is 5.95 Å². The lowest BCUT2D eigenvalue weighted by atomic mass is 10.1. The van der Waals surface area contributed by atoms with Gasteiger partial charge in [-0.1, -0.05) is 6.07 Å². The number of benzene rings is 1. The van der Waals surface area contributed by atoms with Crippen LogP contribution in [-0.4, -0.2) is 34.2 Å². The maximum atomic E-state index is 11.8. The summed E-state index contributed by atoms with van der Waals surface area (Å²) in [5.74, 6) is -0.648. The molecule has 7 nitrogen and oxygen atoms in total. The number of H-pyrrole nitrogens is 1. The number of rotatable bonds is 3. The number of amides is 1. The molecule has 0 spiro atoms.